The molecule has 1 aliphatic carbocycles. The number of anilines is 2. The van der Waals surface area contributed by atoms with Crippen molar-refractivity contribution >= 4 is 46.9 Å². The van der Waals surface area contributed by atoms with E-state index in [-0.39, 0.29) is 27.7 Å². The van der Waals surface area contributed by atoms with Crippen LogP contribution >= 0.6 is 11.6 Å². The second-order valence-electron chi connectivity index (χ2n) is 10.5. The summed E-state index contributed by atoms with van der Waals surface area (Å²) in [5.74, 6) is -6.74. The molecule has 15 heteroatoms. The van der Waals surface area contributed by atoms with Gasteiger partial charge in [-0.2, -0.15) is 5.26 Å². The molecule has 0 spiro atoms. The van der Waals surface area contributed by atoms with Crippen LogP contribution in [-0.4, -0.2) is 69.9 Å². The van der Waals surface area contributed by atoms with Crippen LogP contribution < -0.4 is 15.1 Å². The average Bonchev–Trinajstić information content (AvgIpc) is 2.98. The van der Waals surface area contributed by atoms with Crippen molar-refractivity contribution in [3.8, 4) is 6.07 Å². The number of carbonyl (C=O) groups excluding carboxylic acids is 3. The minimum Gasteiger partial charge on any atom is -0.465 e. The molecule has 2 heterocycles. The fourth-order valence-corrected chi connectivity index (χ4v) is 5.58. The average molecular weight is 641 g/mol. The lowest BCUT2D eigenvalue weighted by atomic mass is 9.87. The van der Waals surface area contributed by atoms with Crippen LogP contribution in [0.25, 0.3) is 0 Å². The molecular weight excluding hydrogens is 617 g/mol. The third-order valence-corrected chi connectivity index (χ3v) is 7.79. The second-order valence-corrected chi connectivity index (χ2v) is 10.9. The predicted molar refractivity (Wildman–Crippen MR) is 154 cm³/mol. The van der Waals surface area contributed by atoms with Crippen LogP contribution in [0.15, 0.2) is 66.9 Å². The highest BCUT2D eigenvalue weighted by Crippen LogP contribution is 2.39. The maximum Gasteiger partial charge on any atom is 0.407 e. The Hall–Kier alpha value is -5.16. The zero-order chi connectivity index (χ0) is 32.5. The van der Waals surface area contributed by atoms with Gasteiger partial charge in [0.2, 0.25) is 11.8 Å². The molecule has 0 bridgehead atoms. The lowest BCUT2D eigenvalue weighted by molar-refractivity contribution is -0.133. The van der Waals surface area contributed by atoms with E-state index < -0.39 is 79.6 Å². The molecule has 5 rings (SSSR count). The van der Waals surface area contributed by atoms with Gasteiger partial charge in [0, 0.05) is 41.4 Å². The van der Waals surface area contributed by atoms with E-state index in [9.17, 15) is 42.7 Å². The highest BCUT2D eigenvalue weighted by molar-refractivity contribution is 6.31. The van der Waals surface area contributed by atoms with E-state index in [1.165, 1.54) is 48.7 Å². The van der Waals surface area contributed by atoms with E-state index in [1.807, 2.05) is 6.07 Å². The van der Waals surface area contributed by atoms with E-state index in [1.54, 1.807) is 6.07 Å². The summed E-state index contributed by atoms with van der Waals surface area (Å²) < 4.78 is 42.0. The van der Waals surface area contributed by atoms with Crippen molar-refractivity contribution in [1.82, 2.24) is 15.2 Å². The molecule has 2 fully saturated rings. The number of hydrogen-bond donors (Lipinski definition) is 2. The van der Waals surface area contributed by atoms with Crippen molar-refractivity contribution < 1.29 is 37.5 Å². The molecule has 2 aromatic carbocycles. The van der Waals surface area contributed by atoms with Crippen molar-refractivity contribution in [2.45, 2.75) is 36.9 Å². The first-order chi connectivity index (χ1) is 21.4. The molecule has 1 aliphatic heterocycles. The van der Waals surface area contributed by atoms with Gasteiger partial charge in [0.15, 0.2) is 0 Å². The normalized spacial score (nSPS) is 18.4. The first-order valence-corrected chi connectivity index (χ1v) is 13.9. The molecule has 4 amide bonds. The molecule has 0 radical (unpaired) electrons. The number of carbonyl (C=O) groups is 4. The molecule has 11 nitrogen and oxygen atoms in total. The summed E-state index contributed by atoms with van der Waals surface area (Å²) in [5.41, 5.74) is -0.0291. The van der Waals surface area contributed by atoms with Gasteiger partial charge < -0.3 is 10.4 Å². The minimum absolute atomic E-state index is 0.0120. The van der Waals surface area contributed by atoms with Crippen LogP contribution in [-0.2, 0) is 14.4 Å². The van der Waals surface area contributed by atoms with Crippen LogP contribution in [0.4, 0.5) is 29.5 Å². The molecule has 1 unspecified atom stereocenters. The number of rotatable bonds is 7. The number of nitrogens with one attached hydrogen (secondary N) is 1. The Kier molecular flexibility index (Phi) is 8.65. The van der Waals surface area contributed by atoms with Crippen molar-refractivity contribution in [2.75, 3.05) is 22.9 Å². The Morgan fingerprint density at radius 3 is 2.51 bits per heavy atom. The largest absolute Gasteiger partial charge is 0.465 e. The van der Waals surface area contributed by atoms with Gasteiger partial charge in [-0.05, 0) is 36.4 Å². The number of nitrogens with zero attached hydrogens (tertiary/aromatic N) is 5. The Bertz CT molecular complexity index is 1710. The fourth-order valence-electron chi connectivity index (χ4n) is 5.34. The monoisotopic (exact) mass is 640 g/mol. The van der Waals surface area contributed by atoms with Crippen LogP contribution in [0.3, 0.4) is 0 Å². The Balaban J connectivity index is 1.66. The van der Waals surface area contributed by atoms with Gasteiger partial charge in [0.25, 0.3) is 11.8 Å². The van der Waals surface area contributed by atoms with Crippen molar-refractivity contribution in [1.29, 1.82) is 5.26 Å². The van der Waals surface area contributed by atoms with E-state index in [2.05, 4.69) is 10.3 Å². The van der Waals surface area contributed by atoms with E-state index >= 15 is 0 Å². The molecular formula is C30H24ClF3N6O5. The highest BCUT2D eigenvalue weighted by atomic mass is 35.5. The van der Waals surface area contributed by atoms with Gasteiger partial charge >= 0.3 is 6.09 Å². The lowest BCUT2D eigenvalue weighted by Gasteiger charge is -2.42. The first kappa shape index (κ1) is 31.3. The fraction of sp³-hybridized carbons (Fsp3) is 0.267. The summed E-state index contributed by atoms with van der Waals surface area (Å²) in [6, 6.07) is 10.8. The third kappa shape index (κ3) is 6.53. The van der Waals surface area contributed by atoms with Gasteiger partial charge in [-0.3, -0.25) is 29.1 Å². The number of nitriles is 1. The molecule has 2 N–H and O–H groups in total. The molecule has 1 saturated heterocycles. The number of pyridine rings is 1. The second kappa shape index (κ2) is 12.4. The molecule has 2 atom stereocenters. The molecule has 1 saturated carbocycles. The molecule has 1 aromatic heterocycles. The minimum atomic E-state index is -2.98. The maximum absolute atomic E-state index is 14.7. The van der Waals surface area contributed by atoms with Crippen LogP contribution in [0.5, 0.6) is 0 Å². The number of hydrogen-bond acceptors (Lipinski definition) is 6. The quantitative estimate of drug-likeness (QED) is 0.395. The number of carboxylic acid groups (broad SMARTS) is 1. The lowest BCUT2D eigenvalue weighted by Crippen LogP contribution is -2.64. The van der Waals surface area contributed by atoms with Gasteiger partial charge in [-0.1, -0.05) is 35.9 Å². The van der Waals surface area contributed by atoms with Gasteiger partial charge in [-0.25, -0.2) is 22.9 Å². The van der Waals surface area contributed by atoms with Crippen LogP contribution in [0.1, 0.15) is 30.0 Å². The van der Waals surface area contributed by atoms with Crippen molar-refractivity contribution in [2.24, 2.45) is 0 Å². The van der Waals surface area contributed by atoms with Crippen LogP contribution in [0.2, 0.25) is 5.02 Å². The predicted octanol–water partition coefficient (Wildman–Crippen LogP) is 4.13. The first-order valence-electron chi connectivity index (χ1n) is 13.6. The Morgan fingerprint density at radius 1 is 1.13 bits per heavy atom. The van der Waals surface area contributed by atoms with Crippen molar-refractivity contribution in [3.05, 3.63) is 88.8 Å². The summed E-state index contributed by atoms with van der Waals surface area (Å²) in [7, 11) is 0. The molecule has 2 aliphatic rings. The number of amides is 4. The number of benzene rings is 2. The zero-order valence-electron chi connectivity index (χ0n) is 23.2. The maximum atomic E-state index is 14.7. The number of aromatic nitrogens is 1. The summed E-state index contributed by atoms with van der Waals surface area (Å²) in [5, 5.41) is 21.7. The van der Waals surface area contributed by atoms with Crippen molar-refractivity contribution in [3.63, 3.8) is 0 Å². The van der Waals surface area contributed by atoms with E-state index in [0.717, 1.165) is 21.9 Å². The number of halogens is 4. The van der Waals surface area contributed by atoms with Gasteiger partial charge in [-0.15, -0.1) is 0 Å². The highest BCUT2D eigenvalue weighted by Gasteiger charge is 2.49. The summed E-state index contributed by atoms with van der Waals surface area (Å²) in [6.07, 6.45) is -1.56. The molecule has 45 heavy (non-hydrogen) atoms. The SMILES string of the molecule is N#Cc1ccnc(N2C(=O)CN(C(=O)O)C[C@H]2C(=O)N(c2cccc(F)c2)C(C(=O)NC2CC(F)(F)C2)c2ccccc2Cl)c1. The third-order valence-electron chi connectivity index (χ3n) is 7.44. The van der Waals surface area contributed by atoms with Crippen LogP contribution in [0, 0.1) is 17.1 Å². The topological polar surface area (TPSA) is 147 Å². The zero-order valence-corrected chi connectivity index (χ0v) is 24.0. The molecule has 232 valence electrons. The number of alkyl halides is 2. The van der Waals surface area contributed by atoms with Gasteiger partial charge in [0.05, 0.1) is 18.2 Å². The van der Waals surface area contributed by atoms with E-state index in [0.29, 0.717) is 4.90 Å². The molecule has 3 aromatic rings. The Labute approximate surface area is 259 Å². The summed E-state index contributed by atoms with van der Waals surface area (Å²) in [6.45, 7) is -1.24. The van der Waals surface area contributed by atoms with E-state index in [4.69, 9.17) is 11.6 Å². The van der Waals surface area contributed by atoms with Gasteiger partial charge in [0.1, 0.15) is 30.3 Å². The Morgan fingerprint density at radius 2 is 1.87 bits per heavy atom. The number of piperazine rings is 1. The summed E-state index contributed by atoms with van der Waals surface area (Å²) in [4.78, 5) is 60.7. The standard InChI is InChI=1S/C30H24ClF3N6O5/c31-22-7-2-1-6-21(22)26(27(42)37-19-12-30(33,34)13-19)39(20-5-3-4-18(32)11-20)28(43)23-15-38(29(44)45)16-25(41)40(23)24-10-17(14-35)8-9-36-24/h1-11,19,23,26H,12-13,15-16H2,(H,37,42)(H,44,45)/t23-,26?/m0/s1. The smallest absolute Gasteiger partial charge is 0.407 e. The summed E-state index contributed by atoms with van der Waals surface area (Å²) >= 11 is 6.49.